The van der Waals surface area contributed by atoms with Crippen LogP contribution in [0.5, 0.6) is 11.5 Å². The van der Waals surface area contributed by atoms with Gasteiger partial charge in [0.2, 0.25) is 23.4 Å². The summed E-state index contributed by atoms with van der Waals surface area (Å²) in [5, 5.41) is 46.5. The van der Waals surface area contributed by atoms with Crippen LogP contribution in [0.4, 0.5) is 11.4 Å². The lowest BCUT2D eigenvalue weighted by molar-refractivity contribution is -0.134. The van der Waals surface area contributed by atoms with Crippen molar-refractivity contribution >= 4 is 34.8 Å². The molecule has 10 N–H and O–H groups in total. The summed E-state index contributed by atoms with van der Waals surface area (Å²) in [4.78, 5) is 56.6. The van der Waals surface area contributed by atoms with Crippen LogP contribution in [-0.4, -0.2) is 118 Å². The zero-order valence-corrected chi connectivity index (χ0v) is 28.2. The fourth-order valence-corrected chi connectivity index (χ4v) is 5.90. The highest BCUT2D eigenvalue weighted by Crippen LogP contribution is 2.42. The smallest absolute Gasteiger partial charge is 0.239 e. The van der Waals surface area contributed by atoms with Crippen molar-refractivity contribution in [1.29, 1.82) is 0 Å². The average Bonchev–Trinajstić information content (AvgIpc) is 3.02. The number of hydrogen-bond acceptors (Lipinski definition) is 12. The molecule has 2 aromatic rings. The summed E-state index contributed by atoms with van der Waals surface area (Å²) < 4.78 is 0. The molecule has 0 saturated carbocycles. The van der Waals surface area contributed by atoms with Gasteiger partial charge in [0, 0.05) is 50.6 Å². The van der Waals surface area contributed by atoms with Gasteiger partial charge in [0.15, 0.2) is 0 Å². The summed E-state index contributed by atoms with van der Waals surface area (Å²) in [6.45, 7) is 7.93. The normalized spacial score (nSPS) is 13.6. The van der Waals surface area contributed by atoms with E-state index in [0.29, 0.717) is 12.8 Å². The average molecular weight is 671 g/mol. The maximum atomic E-state index is 13.9. The second-order valence-electron chi connectivity index (χ2n) is 12.8. The summed E-state index contributed by atoms with van der Waals surface area (Å²) in [5.74, 6) is -2.58. The van der Waals surface area contributed by atoms with Crippen LogP contribution in [0.25, 0.3) is 0 Å². The number of ketones is 2. The first-order valence-electron chi connectivity index (χ1n) is 16.3. The van der Waals surface area contributed by atoms with Gasteiger partial charge in [-0.25, -0.2) is 0 Å². The maximum Gasteiger partial charge on any atom is 0.239 e. The van der Waals surface area contributed by atoms with Crippen LogP contribution >= 0.6 is 0 Å². The van der Waals surface area contributed by atoms with Gasteiger partial charge in [-0.3, -0.25) is 19.2 Å². The zero-order valence-electron chi connectivity index (χ0n) is 28.2. The Kier molecular flexibility index (Phi) is 13.7. The number of carbonyl (C=O) groups excluding carboxylic acids is 4. The third-order valence-corrected chi connectivity index (χ3v) is 8.12. The molecule has 14 nitrogen and oxygen atoms in total. The summed E-state index contributed by atoms with van der Waals surface area (Å²) >= 11 is 0. The van der Waals surface area contributed by atoms with Crippen LogP contribution in [0.15, 0.2) is 24.3 Å². The van der Waals surface area contributed by atoms with Crippen molar-refractivity contribution in [3.05, 3.63) is 46.5 Å². The number of amides is 2. The molecule has 14 heteroatoms. The summed E-state index contributed by atoms with van der Waals surface area (Å²) in [6.07, 6.45) is 0.943. The molecule has 0 saturated heterocycles. The van der Waals surface area contributed by atoms with Crippen molar-refractivity contribution < 1.29 is 39.6 Å². The first-order chi connectivity index (χ1) is 22.7. The summed E-state index contributed by atoms with van der Waals surface area (Å²) in [6, 6.07) is 3.94. The number of anilines is 2. The highest BCUT2D eigenvalue weighted by atomic mass is 16.3. The van der Waals surface area contributed by atoms with Gasteiger partial charge in [0.05, 0.1) is 47.6 Å². The standard InChI is InChI=1S/C34H50N6O8/c1-19(2)17-21(35)33(47)39(13-15-41)11-9-37-23-5-6-24(38-10-12-40(14-16-42)34(48)22(36)18-20(3)4)28-27(23)31(45)29-25(43)7-8-26(44)30(29)32(28)46/h5-8,19-22,37-38,41-44H,9-18,35-36H2,1-4H3. The third-order valence-electron chi connectivity index (χ3n) is 8.12. The van der Waals surface area contributed by atoms with Gasteiger partial charge in [-0.1, -0.05) is 27.7 Å². The highest BCUT2D eigenvalue weighted by Gasteiger charge is 2.38. The molecule has 0 aliphatic heterocycles. The third kappa shape index (κ3) is 9.01. The lowest BCUT2D eigenvalue weighted by Crippen LogP contribution is -2.47. The second-order valence-corrected chi connectivity index (χ2v) is 12.8. The van der Waals surface area contributed by atoms with E-state index in [1.165, 1.54) is 9.80 Å². The number of fused-ring (bicyclic) bond motifs is 2. The molecular formula is C34H50N6O8. The van der Waals surface area contributed by atoms with Gasteiger partial charge in [-0.2, -0.15) is 0 Å². The minimum absolute atomic E-state index is 0.0443. The monoisotopic (exact) mass is 670 g/mol. The molecule has 0 radical (unpaired) electrons. The van der Waals surface area contributed by atoms with E-state index >= 15 is 0 Å². The molecule has 48 heavy (non-hydrogen) atoms. The minimum Gasteiger partial charge on any atom is -0.507 e. The number of nitrogens with one attached hydrogen (secondary N) is 2. The number of phenolic OH excluding ortho intramolecular Hbond substituents is 2. The molecule has 2 aromatic carbocycles. The number of nitrogens with two attached hydrogens (primary N) is 2. The van der Waals surface area contributed by atoms with Gasteiger partial charge in [-0.05, 0) is 48.9 Å². The molecule has 2 atom stereocenters. The molecule has 2 unspecified atom stereocenters. The van der Waals surface area contributed by atoms with Crippen molar-refractivity contribution in [2.75, 3.05) is 63.1 Å². The molecule has 0 aromatic heterocycles. The molecule has 1 aliphatic carbocycles. The van der Waals surface area contributed by atoms with Gasteiger partial charge in [0.1, 0.15) is 11.5 Å². The van der Waals surface area contributed by atoms with E-state index in [2.05, 4.69) is 10.6 Å². The number of nitrogens with zero attached hydrogens (tertiary/aromatic N) is 2. The van der Waals surface area contributed by atoms with Crippen LogP contribution in [0, 0.1) is 11.8 Å². The predicted molar refractivity (Wildman–Crippen MR) is 182 cm³/mol. The molecule has 2 amide bonds. The Labute approximate surface area is 281 Å². The first kappa shape index (κ1) is 38.2. The van der Waals surface area contributed by atoms with E-state index in [9.17, 15) is 39.6 Å². The summed E-state index contributed by atoms with van der Waals surface area (Å²) in [5.41, 5.74) is 12.0. The van der Waals surface area contributed by atoms with Gasteiger partial charge in [-0.15, -0.1) is 0 Å². The predicted octanol–water partition coefficient (Wildman–Crippen LogP) is 1.09. The fraction of sp³-hybridized carbons (Fsp3) is 0.529. The number of aliphatic hydroxyl groups is 2. The first-order valence-corrected chi connectivity index (χ1v) is 16.3. The van der Waals surface area contributed by atoms with Crippen LogP contribution in [0.3, 0.4) is 0 Å². The Balaban J connectivity index is 1.92. The Morgan fingerprint density at radius 2 is 1.00 bits per heavy atom. The van der Waals surface area contributed by atoms with E-state index < -0.39 is 35.1 Å². The van der Waals surface area contributed by atoms with E-state index in [-0.39, 0.29) is 110 Å². The van der Waals surface area contributed by atoms with E-state index in [1.807, 2.05) is 27.7 Å². The Morgan fingerprint density at radius 1 is 0.646 bits per heavy atom. The molecular weight excluding hydrogens is 620 g/mol. The molecule has 1 aliphatic rings. The van der Waals surface area contributed by atoms with Crippen molar-refractivity contribution in [2.45, 2.75) is 52.6 Å². The van der Waals surface area contributed by atoms with Gasteiger partial charge < -0.3 is 52.3 Å². The zero-order chi connectivity index (χ0) is 35.7. The van der Waals surface area contributed by atoms with Crippen molar-refractivity contribution in [1.82, 2.24) is 9.80 Å². The highest BCUT2D eigenvalue weighted by molar-refractivity contribution is 6.33. The van der Waals surface area contributed by atoms with E-state index in [1.54, 1.807) is 12.1 Å². The number of aromatic hydroxyl groups is 2. The Morgan fingerprint density at radius 3 is 1.31 bits per heavy atom. The Hall–Kier alpha value is -4.24. The number of benzene rings is 2. The Bertz CT molecular complexity index is 1370. The summed E-state index contributed by atoms with van der Waals surface area (Å²) in [7, 11) is 0. The molecule has 0 heterocycles. The SMILES string of the molecule is CC(C)CC(N)C(=O)N(CCO)CCNc1ccc(NCCN(CCO)C(=O)C(N)CC(C)C)c2c1C(=O)c1c(O)ccc(O)c1C2=O. The quantitative estimate of drug-likeness (QED) is 0.0889. The van der Waals surface area contributed by atoms with Crippen molar-refractivity contribution in [2.24, 2.45) is 23.3 Å². The second kappa shape index (κ2) is 17.2. The molecule has 0 spiro atoms. The van der Waals surface area contributed by atoms with Crippen LogP contribution in [0.2, 0.25) is 0 Å². The van der Waals surface area contributed by atoms with E-state index in [4.69, 9.17) is 11.5 Å². The number of aliphatic hydroxyl groups excluding tert-OH is 2. The van der Waals surface area contributed by atoms with Crippen LogP contribution < -0.4 is 22.1 Å². The largest absolute Gasteiger partial charge is 0.507 e. The lowest BCUT2D eigenvalue weighted by Gasteiger charge is -2.28. The number of carbonyl (C=O) groups is 4. The molecule has 0 fully saturated rings. The van der Waals surface area contributed by atoms with Crippen molar-refractivity contribution in [3.8, 4) is 11.5 Å². The maximum absolute atomic E-state index is 13.9. The van der Waals surface area contributed by atoms with Crippen LogP contribution in [0.1, 0.15) is 72.4 Å². The topological polar surface area (TPSA) is 232 Å². The van der Waals surface area contributed by atoms with E-state index in [0.717, 1.165) is 12.1 Å². The minimum atomic E-state index is -0.740. The van der Waals surface area contributed by atoms with Crippen LogP contribution in [-0.2, 0) is 9.59 Å². The van der Waals surface area contributed by atoms with Gasteiger partial charge >= 0.3 is 0 Å². The number of rotatable bonds is 18. The molecule has 3 rings (SSSR count). The number of phenols is 2. The molecule has 264 valence electrons. The number of hydrogen-bond donors (Lipinski definition) is 8. The molecule has 0 bridgehead atoms. The van der Waals surface area contributed by atoms with Crippen molar-refractivity contribution in [3.63, 3.8) is 0 Å². The fourth-order valence-electron chi connectivity index (χ4n) is 5.90. The van der Waals surface area contributed by atoms with Gasteiger partial charge in [0.25, 0.3) is 0 Å². The lowest BCUT2D eigenvalue weighted by atomic mass is 9.81.